The quantitative estimate of drug-likeness (QED) is 0.429. The zero-order valence-corrected chi connectivity index (χ0v) is 7.14. The Labute approximate surface area is 72.7 Å². The minimum atomic E-state index is 0.326. The third-order valence-corrected chi connectivity index (χ3v) is 1.90. The van der Waals surface area contributed by atoms with Crippen LogP contribution in [0, 0.1) is 0 Å². The number of morpholine rings is 1. The Bertz CT molecular complexity index is 124. The molecule has 1 saturated heterocycles. The van der Waals surface area contributed by atoms with Gasteiger partial charge in [0.25, 0.3) is 0 Å². The van der Waals surface area contributed by atoms with Crippen LogP contribution in [-0.4, -0.2) is 38.8 Å². The van der Waals surface area contributed by atoms with E-state index in [1.54, 1.807) is 6.41 Å². The third-order valence-electron chi connectivity index (χ3n) is 1.90. The van der Waals surface area contributed by atoms with Gasteiger partial charge in [-0.25, -0.2) is 0 Å². The average molecular weight is 171 g/mol. The predicted octanol–water partition coefficient (Wildman–Crippen LogP) is -0.588. The van der Waals surface area contributed by atoms with Crippen molar-refractivity contribution in [3.05, 3.63) is 0 Å². The maximum atomic E-state index is 9.78. The number of hydrogen-bond acceptors (Lipinski definition) is 3. The molecule has 0 saturated carbocycles. The van der Waals surface area contributed by atoms with Crippen molar-refractivity contribution in [1.29, 1.82) is 0 Å². The molecule has 1 rings (SSSR count). The molecule has 0 aromatic heterocycles. The highest BCUT2D eigenvalue weighted by atomic mass is 16.5. The molecule has 1 radical (unpaired) electrons. The second-order valence-electron chi connectivity index (χ2n) is 2.87. The van der Waals surface area contributed by atoms with E-state index in [2.05, 4.69) is 10.6 Å². The summed E-state index contributed by atoms with van der Waals surface area (Å²) in [5, 5.41) is 5.76. The Kier molecular flexibility index (Phi) is 4.71. The molecule has 1 fully saturated rings. The summed E-state index contributed by atoms with van der Waals surface area (Å²) in [6.45, 7) is 3.39. The van der Waals surface area contributed by atoms with Crippen LogP contribution < -0.4 is 10.6 Å². The number of amides is 1. The summed E-state index contributed by atoms with van der Waals surface area (Å²) in [6.07, 6.45) is 3.94. The molecule has 1 aliphatic heterocycles. The molecule has 1 unspecified atom stereocenters. The fraction of sp³-hybridized carbons (Fsp3) is 0.875. The second kappa shape index (κ2) is 5.97. The largest absolute Gasteiger partial charge is 0.376 e. The first-order valence-corrected chi connectivity index (χ1v) is 4.36. The van der Waals surface area contributed by atoms with Gasteiger partial charge in [-0.15, -0.1) is 0 Å². The highest BCUT2D eigenvalue weighted by Gasteiger charge is 2.11. The van der Waals surface area contributed by atoms with Gasteiger partial charge in [0, 0.05) is 19.6 Å². The Hall–Kier alpha value is -0.610. The maximum absolute atomic E-state index is 9.78. The van der Waals surface area contributed by atoms with Gasteiger partial charge >= 0.3 is 6.41 Å². The van der Waals surface area contributed by atoms with Gasteiger partial charge in [0.1, 0.15) is 0 Å². The number of hydrogen-bond donors (Lipinski definition) is 2. The van der Waals surface area contributed by atoms with Gasteiger partial charge < -0.3 is 15.4 Å². The lowest BCUT2D eigenvalue weighted by molar-refractivity contribution is 0.0227. The summed E-state index contributed by atoms with van der Waals surface area (Å²) in [7, 11) is 0. The molecular formula is C8H15N2O2. The van der Waals surface area contributed by atoms with Crippen LogP contribution in [0.1, 0.15) is 12.8 Å². The molecule has 4 heteroatoms. The average Bonchev–Trinajstić information content (AvgIpc) is 2.14. The van der Waals surface area contributed by atoms with E-state index in [-0.39, 0.29) is 0 Å². The van der Waals surface area contributed by atoms with Crippen molar-refractivity contribution >= 4 is 6.41 Å². The topological polar surface area (TPSA) is 50.4 Å². The monoisotopic (exact) mass is 171 g/mol. The van der Waals surface area contributed by atoms with Gasteiger partial charge in [0.2, 0.25) is 0 Å². The Morgan fingerprint density at radius 1 is 1.67 bits per heavy atom. The maximum Gasteiger partial charge on any atom is 0.309 e. The Balaban J connectivity index is 1.94. The number of ether oxygens (including phenoxy) is 1. The van der Waals surface area contributed by atoms with Crippen LogP contribution in [0.5, 0.6) is 0 Å². The summed E-state index contributed by atoms with van der Waals surface area (Å²) in [6, 6.07) is 0. The molecule has 1 atom stereocenters. The molecule has 0 aromatic carbocycles. The smallest absolute Gasteiger partial charge is 0.309 e. The first-order chi connectivity index (χ1) is 5.93. The highest BCUT2D eigenvalue weighted by Crippen LogP contribution is 2.03. The lowest BCUT2D eigenvalue weighted by atomic mass is 10.2. The van der Waals surface area contributed by atoms with Gasteiger partial charge in [-0.3, -0.25) is 4.79 Å². The first-order valence-electron chi connectivity index (χ1n) is 4.36. The van der Waals surface area contributed by atoms with E-state index in [0.717, 1.165) is 32.5 Å². The van der Waals surface area contributed by atoms with E-state index in [4.69, 9.17) is 4.74 Å². The Morgan fingerprint density at radius 2 is 2.58 bits per heavy atom. The number of carbonyl (C=O) groups excluding carboxylic acids is 1. The molecule has 1 amide bonds. The summed E-state index contributed by atoms with van der Waals surface area (Å²) in [4.78, 5) is 9.78. The predicted molar refractivity (Wildman–Crippen MR) is 45.5 cm³/mol. The fourth-order valence-electron chi connectivity index (χ4n) is 1.27. The van der Waals surface area contributed by atoms with Crippen molar-refractivity contribution < 1.29 is 9.53 Å². The highest BCUT2D eigenvalue weighted by molar-refractivity contribution is 5.46. The summed E-state index contributed by atoms with van der Waals surface area (Å²) in [5.74, 6) is 0. The molecule has 0 spiro atoms. The van der Waals surface area contributed by atoms with Crippen LogP contribution >= 0.6 is 0 Å². The fourth-order valence-corrected chi connectivity index (χ4v) is 1.27. The standard InChI is InChI=1S/C8H15N2O2/c11-7-10-3-1-2-8-6-9-4-5-12-8/h8-9H,1-6H2,(H,10,11). The van der Waals surface area contributed by atoms with Crippen molar-refractivity contribution in [3.63, 3.8) is 0 Å². The van der Waals surface area contributed by atoms with E-state index in [1.807, 2.05) is 0 Å². The van der Waals surface area contributed by atoms with Gasteiger partial charge in [-0.2, -0.15) is 0 Å². The zero-order valence-electron chi connectivity index (χ0n) is 7.14. The van der Waals surface area contributed by atoms with E-state index in [0.29, 0.717) is 12.6 Å². The van der Waals surface area contributed by atoms with Gasteiger partial charge in [-0.05, 0) is 12.8 Å². The van der Waals surface area contributed by atoms with Crippen molar-refractivity contribution in [1.82, 2.24) is 10.6 Å². The Morgan fingerprint density at radius 3 is 3.25 bits per heavy atom. The molecule has 0 aromatic rings. The van der Waals surface area contributed by atoms with Gasteiger partial charge in [0.05, 0.1) is 12.7 Å². The van der Waals surface area contributed by atoms with Gasteiger partial charge in [0.15, 0.2) is 0 Å². The normalized spacial score (nSPS) is 23.5. The molecule has 1 heterocycles. The minimum Gasteiger partial charge on any atom is -0.376 e. The van der Waals surface area contributed by atoms with Gasteiger partial charge in [-0.1, -0.05) is 0 Å². The molecule has 0 bridgehead atoms. The molecule has 1 aliphatic rings. The summed E-state index contributed by atoms with van der Waals surface area (Å²) >= 11 is 0. The summed E-state index contributed by atoms with van der Waals surface area (Å²) < 4.78 is 5.47. The second-order valence-corrected chi connectivity index (χ2v) is 2.87. The van der Waals surface area contributed by atoms with Crippen LogP contribution in [0.2, 0.25) is 0 Å². The number of nitrogens with one attached hydrogen (secondary N) is 2. The third kappa shape index (κ3) is 3.69. The molecule has 4 nitrogen and oxygen atoms in total. The van der Waals surface area contributed by atoms with Crippen LogP contribution in [0.15, 0.2) is 0 Å². The lowest BCUT2D eigenvalue weighted by Crippen LogP contribution is -2.38. The van der Waals surface area contributed by atoms with E-state index in [1.165, 1.54) is 0 Å². The SMILES string of the molecule is O=[C]NCCCC1CNCCO1. The van der Waals surface area contributed by atoms with Crippen LogP contribution in [0.4, 0.5) is 0 Å². The van der Waals surface area contributed by atoms with Crippen molar-refractivity contribution in [2.24, 2.45) is 0 Å². The molecule has 69 valence electrons. The van der Waals surface area contributed by atoms with Crippen LogP contribution in [0.3, 0.4) is 0 Å². The molecule has 0 aliphatic carbocycles. The zero-order chi connectivity index (χ0) is 8.65. The van der Waals surface area contributed by atoms with E-state index in [9.17, 15) is 4.79 Å². The number of rotatable bonds is 5. The van der Waals surface area contributed by atoms with Crippen molar-refractivity contribution in [2.45, 2.75) is 18.9 Å². The molecule has 2 N–H and O–H groups in total. The molecule has 12 heavy (non-hydrogen) atoms. The van der Waals surface area contributed by atoms with E-state index < -0.39 is 0 Å². The minimum absolute atomic E-state index is 0.326. The van der Waals surface area contributed by atoms with E-state index >= 15 is 0 Å². The van der Waals surface area contributed by atoms with Crippen LogP contribution in [-0.2, 0) is 9.53 Å². The van der Waals surface area contributed by atoms with Crippen molar-refractivity contribution in [2.75, 3.05) is 26.2 Å². The summed E-state index contributed by atoms with van der Waals surface area (Å²) in [5.41, 5.74) is 0. The first kappa shape index (κ1) is 9.48. The molecular weight excluding hydrogens is 156 g/mol. The van der Waals surface area contributed by atoms with Crippen LogP contribution in [0.25, 0.3) is 0 Å². The lowest BCUT2D eigenvalue weighted by Gasteiger charge is -2.23. The van der Waals surface area contributed by atoms with Crippen molar-refractivity contribution in [3.8, 4) is 0 Å².